The number of alkyl halides is 6. The Bertz CT molecular complexity index is 248. The van der Waals surface area contributed by atoms with E-state index >= 15 is 0 Å². The molecule has 0 saturated carbocycles. The highest BCUT2D eigenvalue weighted by Gasteiger charge is 2.42. The predicted molar refractivity (Wildman–Crippen MR) is 53.1 cm³/mol. The zero-order chi connectivity index (χ0) is 13.6. The number of carbonyl (C=O) groups is 1. The lowest BCUT2D eigenvalue weighted by molar-refractivity contribution is -0.109. The highest BCUT2D eigenvalue weighted by molar-refractivity contribution is 8.13. The highest BCUT2D eigenvalue weighted by Crippen LogP contribution is 2.31. The molecule has 2 atom stereocenters. The minimum atomic E-state index is -3.90. The summed E-state index contributed by atoms with van der Waals surface area (Å²) in [6.07, 6.45) is -11.9. The van der Waals surface area contributed by atoms with Gasteiger partial charge >= 0.3 is 0 Å². The van der Waals surface area contributed by atoms with Crippen LogP contribution in [0.3, 0.4) is 0 Å². The summed E-state index contributed by atoms with van der Waals surface area (Å²) in [5, 5.41) is -0.410. The van der Waals surface area contributed by atoms with E-state index in [0.717, 1.165) is 6.92 Å². The van der Waals surface area contributed by atoms with Crippen molar-refractivity contribution >= 4 is 16.9 Å². The summed E-state index contributed by atoms with van der Waals surface area (Å²) in [4.78, 5) is 10.4. The Morgan fingerprint density at radius 2 is 1.76 bits per heavy atom. The summed E-state index contributed by atoms with van der Waals surface area (Å²) < 4.78 is 74.6. The van der Waals surface area contributed by atoms with Gasteiger partial charge in [0.05, 0.1) is 0 Å². The van der Waals surface area contributed by atoms with Crippen LogP contribution < -0.4 is 0 Å². The molecule has 0 aromatic carbocycles. The van der Waals surface area contributed by atoms with Gasteiger partial charge < -0.3 is 0 Å². The van der Waals surface area contributed by atoms with Crippen molar-refractivity contribution in [1.29, 1.82) is 0 Å². The fraction of sp³-hybridized carbons (Fsp3) is 0.889. The van der Waals surface area contributed by atoms with Gasteiger partial charge in [0, 0.05) is 25.5 Å². The molecular weight excluding hydrogens is 270 g/mol. The molecule has 0 aromatic rings. The normalized spacial score (nSPS) is 16.0. The average molecular weight is 282 g/mol. The van der Waals surface area contributed by atoms with Gasteiger partial charge in [-0.2, -0.15) is 0 Å². The number of halogens is 6. The van der Waals surface area contributed by atoms with Crippen molar-refractivity contribution in [2.75, 3.05) is 5.75 Å². The summed E-state index contributed by atoms with van der Waals surface area (Å²) >= 11 is 0.573. The maximum absolute atomic E-state index is 13.0. The molecule has 0 aliphatic heterocycles. The van der Waals surface area contributed by atoms with Gasteiger partial charge in [-0.3, -0.25) is 4.79 Å². The van der Waals surface area contributed by atoms with E-state index in [0.29, 0.717) is 11.8 Å². The van der Waals surface area contributed by atoms with Crippen LogP contribution in [0.4, 0.5) is 26.3 Å². The first-order chi connectivity index (χ1) is 7.66. The van der Waals surface area contributed by atoms with Crippen LogP contribution in [0.15, 0.2) is 0 Å². The van der Waals surface area contributed by atoms with Crippen molar-refractivity contribution in [2.24, 2.45) is 0 Å². The van der Waals surface area contributed by atoms with Crippen molar-refractivity contribution in [3.05, 3.63) is 0 Å². The maximum atomic E-state index is 13.0. The van der Waals surface area contributed by atoms with E-state index in [1.807, 2.05) is 0 Å². The first kappa shape index (κ1) is 16.6. The van der Waals surface area contributed by atoms with Crippen LogP contribution in [0.1, 0.15) is 19.8 Å². The molecule has 0 radical (unpaired) electrons. The highest BCUT2D eigenvalue weighted by atomic mass is 32.2. The number of rotatable bonds is 7. The Hall–Kier alpha value is -0.400. The zero-order valence-electron chi connectivity index (χ0n) is 8.94. The van der Waals surface area contributed by atoms with E-state index in [9.17, 15) is 31.1 Å². The largest absolute Gasteiger partial charge is 0.288 e. The molecular formula is C9H12F6OS. The minimum absolute atomic E-state index is 0.339. The van der Waals surface area contributed by atoms with E-state index in [4.69, 9.17) is 0 Å². The molecule has 8 heteroatoms. The smallest absolute Gasteiger partial charge is 0.279 e. The Balaban J connectivity index is 4.14. The summed E-state index contributed by atoms with van der Waals surface area (Å²) in [5.74, 6) is -4.24. The van der Waals surface area contributed by atoms with E-state index in [1.165, 1.54) is 0 Å². The summed E-state index contributed by atoms with van der Waals surface area (Å²) in [7, 11) is 0. The fourth-order valence-corrected chi connectivity index (χ4v) is 1.62. The number of carbonyl (C=O) groups excluding carboxylic acids is 1. The van der Waals surface area contributed by atoms with Gasteiger partial charge in [-0.1, -0.05) is 11.8 Å². The quantitative estimate of drug-likeness (QED) is 0.663. The van der Waals surface area contributed by atoms with Gasteiger partial charge in [0.25, 0.3) is 12.3 Å². The molecule has 0 spiro atoms. The van der Waals surface area contributed by atoms with E-state index in [1.54, 1.807) is 0 Å². The minimum Gasteiger partial charge on any atom is -0.288 e. The predicted octanol–water partition coefficient (Wildman–Crippen LogP) is 3.62. The van der Waals surface area contributed by atoms with E-state index in [2.05, 4.69) is 0 Å². The van der Waals surface area contributed by atoms with Crippen LogP contribution in [0.2, 0.25) is 0 Å². The molecule has 0 aromatic heterocycles. The summed E-state index contributed by atoms with van der Waals surface area (Å²) in [6, 6.07) is 0. The third-order valence-corrected chi connectivity index (χ3v) is 2.72. The number of hydrogen-bond donors (Lipinski definition) is 0. The average Bonchev–Trinajstić information content (AvgIpc) is 2.16. The maximum Gasteiger partial charge on any atom is 0.279 e. The van der Waals surface area contributed by atoms with Gasteiger partial charge in [0.2, 0.25) is 0 Å². The Labute approximate surface area is 98.9 Å². The molecule has 0 heterocycles. The molecule has 0 N–H and O–H groups in total. The Morgan fingerprint density at radius 3 is 2.18 bits per heavy atom. The van der Waals surface area contributed by atoms with Crippen molar-refractivity contribution in [3.63, 3.8) is 0 Å². The van der Waals surface area contributed by atoms with Gasteiger partial charge in [-0.25, -0.2) is 26.3 Å². The molecule has 0 fully saturated rings. The van der Waals surface area contributed by atoms with Gasteiger partial charge in [-0.15, -0.1) is 0 Å². The number of thioether (sulfide) groups is 1. The zero-order valence-corrected chi connectivity index (χ0v) is 9.75. The van der Waals surface area contributed by atoms with Crippen molar-refractivity contribution in [1.82, 2.24) is 0 Å². The van der Waals surface area contributed by atoms with Crippen molar-refractivity contribution in [3.8, 4) is 0 Å². The molecule has 0 rings (SSSR count). The molecule has 0 bridgehead atoms. The molecule has 0 aliphatic rings. The van der Waals surface area contributed by atoms with Gasteiger partial charge in [0.15, 0.2) is 17.5 Å². The van der Waals surface area contributed by atoms with Crippen LogP contribution in [-0.2, 0) is 4.79 Å². The van der Waals surface area contributed by atoms with Crippen molar-refractivity contribution < 1.29 is 31.1 Å². The van der Waals surface area contributed by atoms with Crippen LogP contribution in [0.5, 0.6) is 0 Å². The molecule has 0 amide bonds. The topological polar surface area (TPSA) is 17.1 Å². The molecule has 2 unspecified atom stereocenters. The molecule has 1 nitrogen and oxygen atoms in total. The fourth-order valence-electron chi connectivity index (χ4n) is 0.960. The summed E-state index contributed by atoms with van der Waals surface area (Å²) in [5.41, 5.74) is 0. The van der Waals surface area contributed by atoms with Crippen LogP contribution in [-0.4, -0.2) is 35.6 Å². The molecule has 0 aliphatic carbocycles. The van der Waals surface area contributed by atoms with Crippen LogP contribution in [0, 0.1) is 0 Å². The third-order valence-electron chi connectivity index (χ3n) is 1.90. The van der Waals surface area contributed by atoms with Crippen LogP contribution in [0.25, 0.3) is 0 Å². The lowest BCUT2D eigenvalue weighted by Crippen LogP contribution is -2.34. The monoisotopic (exact) mass is 282 g/mol. The second kappa shape index (κ2) is 7.13. The second-order valence-electron chi connectivity index (χ2n) is 3.40. The molecule has 17 heavy (non-hydrogen) atoms. The van der Waals surface area contributed by atoms with E-state index < -0.39 is 42.6 Å². The molecule has 0 saturated heterocycles. The Morgan fingerprint density at radius 1 is 1.24 bits per heavy atom. The molecule has 102 valence electrons. The lowest BCUT2D eigenvalue weighted by Gasteiger charge is -2.21. The third kappa shape index (κ3) is 6.80. The Kier molecular flexibility index (Phi) is 6.96. The van der Waals surface area contributed by atoms with Gasteiger partial charge in [0.1, 0.15) is 0 Å². The van der Waals surface area contributed by atoms with Crippen LogP contribution >= 0.6 is 11.8 Å². The standard InChI is InChI=1S/C9H12F6OS/c1-5(16)17-3-2-9(14,15)7(11)4-6(10)8(12)13/h6-8H,2-4H2,1H3. The van der Waals surface area contributed by atoms with Crippen molar-refractivity contribution in [2.45, 2.75) is 44.5 Å². The second-order valence-corrected chi connectivity index (χ2v) is 4.68. The summed E-state index contributed by atoms with van der Waals surface area (Å²) in [6.45, 7) is 1.16. The first-order valence-electron chi connectivity index (χ1n) is 4.74. The lowest BCUT2D eigenvalue weighted by atomic mass is 10.1. The number of hydrogen-bond acceptors (Lipinski definition) is 2. The van der Waals surface area contributed by atoms with E-state index in [-0.39, 0.29) is 5.75 Å². The SMILES string of the molecule is CC(=O)SCCC(F)(F)C(F)CC(F)C(F)F. The van der Waals surface area contributed by atoms with Gasteiger partial charge in [-0.05, 0) is 0 Å². The first-order valence-corrected chi connectivity index (χ1v) is 5.73.